The Bertz CT molecular complexity index is 614. The van der Waals surface area contributed by atoms with Crippen LogP contribution in [-0.2, 0) is 11.3 Å². The summed E-state index contributed by atoms with van der Waals surface area (Å²) in [5.41, 5.74) is 0.992. The van der Waals surface area contributed by atoms with Gasteiger partial charge >= 0.3 is 5.97 Å². The summed E-state index contributed by atoms with van der Waals surface area (Å²) in [4.78, 5) is 31.3. The maximum atomic E-state index is 11.9. The quantitative estimate of drug-likeness (QED) is 0.845. The van der Waals surface area contributed by atoms with Gasteiger partial charge in [-0.15, -0.1) is 0 Å². The molecule has 1 amide bonds. The fraction of sp³-hybridized carbons (Fsp3) is 0.143. The van der Waals surface area contributed by atoms with Crippen molar-refractivity contribution in [1.82, 2.24) is 15.3 Å². The van der Waals surface area contributed by atoms with Crippen molar-refractivity contribution in [2.75, 3.05) is 7.11 Å². The Hall–Kier alpha value is -2.76. The lowest BCUT2D eigenvalue weighted by molar-refractivity contribution is 0.0594. The number of aromatic nitrogens is 2. The van der Waals surface area contributed by atoms with E-state index >= 15 is 0 Å². The van der Waals surface area contributed by atoms with Crippen LogP contribution in [0.3, 0.4) is 0 Å². The summed E-state index contributed by atoms with van der Waals surface area (Å²) in [5.74, 6) is -0.953. The number of ether oxygens (including phenoxy) is 1. The van der Waals surface area contributed by atoms with E-state index in [2.05, 4.69) is 20.0 Å². The lowest BCUT2D eigenvalue weighted by Gasteiger charge is -2.05. The standard InChI is InChI=1S/C14H13N3O3/c1-20-14(19)12-7-4-6-11(17-12)13(18)16-9-10-5-2-3-8-15-10/h2-8H,9H2,1H3,(H,16,18). The predicted molar refractivity (Wildman–Crippen MR) is 71.0 cm³/mol. The highest BCUT2D eigenvalue weighted by Crippen LogP contribution is 2.02. The molecule has 2 heterocycles. The van der Waals surface area contributed by atoms with Crippen LogP contribution in [0.25, 0.3) is 0 Å². The molecule has 0 unspecified atom stereocenters. The summed E-state index contributed by atoms with van der Waals surface area (Å²) in [7, 11) is 1.26. The van der Waals surface area contributed by atoms with Crippen LogP contribution in [0, 0.1) is 0 Å². The molecule has 0 spiro atoms. The molecule has 0 aliphatic heterocycles. The molecule has 0 fully saturated rings. The molecule has 0 bridgehead atoms. The first kappa shape index (κ1) is 13.7. The van der Waals surface area contributed by atoms with Crippen LogP contribution in [0.1, 0.15) is 26.7 Å². The van der Waals surface area contributed by atoms with Gasteiger partial charge in [0.2, 0.25) is 0 Å². The lowest BCUT2D eigenvalue weighted by atomic mass is 10.3. The van der Waals surface area contributed by atoms with Gasteiger partial charge in [-0.25, -0.2) is 9.78 Å². The van der Waals surface area contributed by atoms with Gasteiger partial charge in [-0.1, -0.05) is 12.1 Å². The van der Waals surface area contributed by atoms with Crippen LogP contribution in [-0.4, -0.2) is 29.0 Å². The molecule has 20 heavy (non-hydrogen) atoms. The molecule has 0 aromatic carbocycles. The molecular formula is C14H13N3O3. The monoisotopic (exact) mass is 271 g/mol. The van der Waals surface area contributed by atoms with Gasteiger partial charge in [-0.05, 0) is 24.3 Å². The molecule has 0 saturated carbocycles. The number of carbonyl (C=O) groups is 2. The molecule has 0 aliphatic rings. The van der Waals surface area contributed by atoms with Gasteiger partial charge in [0.25, 0.3) is 5.91 Å². The van der Waals surface area contributed by atoms with Crippen LogP contribution in [0.4, 0.5) is 0 Å². The zero-order valence-electron chi connectivity index (χ0n) is 10.9. The van der Waals surface area contributed by atoms with Crippen molar-refractivity contribution < 1.29 is 14.3 Å². The zero-order chi connectivity index (χ0) is 14.4. The average molecular weight is 271 g/mol. The highest BCUT2D eigenvalue weighted by Gasteiger charge is 2.12. The minimum atomic E-state index is -0.579. The Labute approximate surface area is 115 Å². The third-order valence-corrected chi connectivity index (χ3v) is 2.53. The van der Waals surface area contributed by atoms with Crippen molar-refractivity contribution >= 4 is 11.9 Å². The number of nitrogens with zero attached hydrogens (tertiary/aromatic N) is 2. The van der Waals surface area contributed by atoms with Crippen molar-refractivity contribution in [3.05, 3.63) is 59.7 Å². The highest BCUT2D eigenvalue weighted by molar-refractivity contribution is 5.94. The molecule has 0 atom stereocenters. The largest absolute Gasteiger partial charge is 0.464 e. The number of amides is 1. The van der Waals surface area contributed by atoms with Crippen molar-refractivity contribution in [1.29, 1.82) is 0 Å². The van der Waals surface area contributed by atoms with E-state index in [0.717, 1.165) is 5.69 Å². The van der Waals surface area contributed by atoms with Gasteiger partial charge in [0.05, 0.1) is 19.3 Å². The first-order chi connectivity index (χ1) is 9.70. The van der Waals surface area contributed by atoms with E-state index in [1.807, 2.05) is 6.07 Å². The van der Waals surface area contributed by atoms with E-state index < -0.39 is 5.97 Å². The molecule has 6 nitrogen and oxygen atoms in total. The van der Waals surface area contributed by atoms with Crippen LogP contribution in [0.5, 0.6) is 0 Å². The van der Waals surface area contributed by atoms with Gasteiger partial charge < -0.3 is 10.1 Å². The molecule has 2 rings (SSSR count). The Morgan fingerprint density at radius 1 is 1.15 bits per heavy atom. The molecule has 0 aliphatic carbocycles. The Kier molecular flexibility index (Phi) is 4.39. The van der Waals surface area contributed by atoms with Gasteiger partial charge in [0.1, 0.15) is 11.4 Å². The lowest BCUT2D eigenvalue weighted by Crippen LogP contribution is -2.24. The average Bonchev–Trinajstić information content (AvgIpc) is 2.53. The molecule has 1 N–H and O–H groups in total. The Balaban J connectivity index is 2.04. The molecule has 0 radical (unpaired) electrons. The SMILES string of the molecule is COC(=O)c1cccc(C(=O)NCc2ccccn2)n1. The molecular weight excluding hydrogens is 258 g/mol. The number of methoxy groups -OCH3 is 1. The van der Waals surface area contributed by atoms with E-state index in [1.165, 1.54) is 19.2 Å². The highest BCUT2D eigenvalue weighted by atomic mass is 16.5. The molecule has 6 heteroatoms. The zero-order valence-corrected chi connectivity index (χ0v) is 10.9. The second-order valence-electron chi connectivity index (χ2n) is 3.90. The first-order valence-electron chi connectivity index (χ1n) is 5.94. The number of esters is 1. The smallest absolute Gasteiger partial charge is 0.356 e. The van der Waals surface area contributed by atoms with Crippen LogP contribution < -0.4 is 5.32 Å². The van der Waals surface area contributed by atoms with Crippen LogP contribution in [0.15, 0.2) is 42.6 Å². The number of nitrogens with one attached hydrogen (secondary N) is 1. The molecule has 2 aromatic rings. The van der Waals surface area contributed by atoms with E-state index in [-0.39, 0.29) is 17.3 Å². The normalized spacial score (nSPS) is 9.85. The fourth-order valence-corrected chi connectivity index (χ4v) is 1.54. The fourth-order valence-electron chi connectivity index (χ4n) is 1.54. The van der Waals surface area contributed by atoms with Crippen LogP contribution >= 0.6 is 0 Å². The third kappa shape index (κ3) is 3.38. The van der Waals surface area contributed by atoms with Crippen molar-refractivity contribution in [2.45, 2.75) is 6.54 Å². The van der Waals surface area contributed by atoms with Gasteiger partial charge in [0.15, 0.2) is 0 Å². The second-order valence-corrected chi connectivity index (χ2v) is 3.90. The Morgan fingerprint density at radius 2 is 1.95 bits per heavy atom. The number of rotatable bonds is 4. The van der Waals surface area contributed by atoms with Crippen molar-refractivity contribution in [3.8, 4) is 0 Å². The maximum Gasteiger partial charge on any atom is 0.356 e. The summed E-state index contributed by atoms with van der Waals surface area (Å²) in [6, 6.07) is 10.0. The van der Waals surface area contributed by atoms with E-state index in [9.17, 15) is 9.59 Å². The van der Waals surface area contributed by atoms with Gasteiger partial charge in [-0.2, -0.15) is 0 Å². The first-order valence-corrected chi connectivity index (χ1v) is 5.94. The van der Waals surface area contributed by atoms with Crippen LogP contribution in [0.2, 0.25) is 0 Å². The predicted octanol–water partition coefficient (Wildman–Crippen LogP) is 1.19. The summed E-state index contributed by atoms with van der Waals surface area (Å²) < 4.78 is 4.56. The number of pyridine rings is 2. The molecule has 2 aromatic heterocycles. The molecule has 102 valence electrons. The van der Waals surface area contributed by atoms with Crippen molar-refractivity contribution in [3.63, 3.8) is 0 Å². The minimum absolute atomic E-state index is 0.0954. The second kappa shape index (κ2) is 6.42. The summed E-state index contributed by atoms with van der Waals surface area (Å²) in [5, 5.41) is 2.68. The van der Waals surface area contributed by atoms with Gasteiger partial charge in [0, 0.05) is 6.20 Å². The molecule has 0 saturated heterocycles. The van der Waals surface area contributed by atoms with E-state index in [4.69, 9.17) is 0 Å². The minimum Gasteiger partial charge on any atom is -0.464 e. The number of hydrogen-bond acceptors (Lipinski definition) is 5. The third-order valence-electron chi connectivity index (χ3n) is 2.53. The summed E-state index contributed by atoms with van der Waals surface area (Å²) in [6.45, 7) is 0.295. The van der Waals surface area contributed by atoms with Crippen molar-refractivity contribution in [2.24, 2.45) is 0 Å². The van der Waals surface area contributed by atoms with E-state index in [0.29, 0.717) is 6.54 Å². The maximum absolute atomic E-state index is 11.9. The Morgan fingerprint density at radius 3 is 2.65 bits per heavy atom. The summed E-state index contributed by atoms with van der Waals surface area (Å²) >= 11 is 0. The topological polar surface area (TPSA) is 81.2 Å². The van der Waals surface area contributed by atoms with E-state index in [1.54, 1.807) is 24.4 Å². The summed E-state index contributed by atoms with van der Waals surface area (Å²) in [6.07, 6.45) is 1.65. The number of carbonyl (C=O) groups excluding carboxylic acids is 2. The van der Waals surface area contributed by atoms with Gasteiger partial charge in [-0.3, -0.25) is 9.78 Å². The number of hydrogen-bond donors (Lipinski definition) is 1.